The number of hydrogen-bond donors (Lipinski definition) is 1. The lowest BCUT2D eigenvalue weighted by molar-refractivity contribution is -0.129. The predicted molar refractivity (Wildman–Crippen MR) is 106 cm³/mol. The van der Waals surface area contributed by atoms with Gasteiger partial charge in [0.1, 0.15) is 0 Å². The second kappa shape index (κ2) is 8.92. The first-order valence-electron chi connectivity index (χ1n) is 8.01. The summed E-state index contributed by atoms with van der Waals surface area (Å²) < 4.78 is 0. The first-order valence-corrected chi connectivity index (χ1v) is 8.77. The van der Waals surface area contributed by atoms with Crippen molar-refractivity contribution in [2.45, 2.75) is 6.54 Å². The molecule has 0 aliphatic rings. The molecule has 2 amide bonds. The van der Waals surface area contributed by atoms with Crippen molar-refractivity contribution >= 4 is 40.7 Å². The van der Waals surface area contributed by atoms with Crippen LogP contribution in [-0.2, 0) is 11.3 Å². The summed E-state index contributed by atoms with van der Waals surface area (Å²) in [5, 5.41) is 3.27. The van der Waals surface area contributed by atoms with Crippen LogP contribution in [-0.4, -0.2) is 44.4 Å². The number of rotatable bonds is 6. The third-order valence-corrected chi connectivity index (χ3v) is 4.62. The number of carbonyl (C=O) groups excluding carboxylic acids is 2. The zero-order valence-corrected chi connectivity index (χ0v) is 16.4. The van der Waals surface area contributed by atoms with Crippen LogP contribution < -0.4 is 10.2 Å². The largest absolute Gasteiger partial charge is 0.378 e. The van der Waals surface area contributed by atoms with E-state index in [9.17, 15) is 9.59 Å². The molecule has 0 bridgehead atoms. The van der Waals surface area contributed by atoms with E-state index in [1.807, 2.05) is 43.3 Å². The molecule has 138 valence electrons. The molecular weight excluding hydrogens is 373 g/mol. The molecule has 2 aromatic rings. The van der Waals surface area contributed by atoms with Gasteiger partial charge in [-0.15, -0.1) is 0 Å². The highest BCUT2D eigenvalue weighted by Crippen LogP contribution is 2.22. The highest BCUT2D eigenvalue weighted by molar-refractivity contribution is 6.42. The zero-order valence-electron chi connectivity index (χ0n) is 14.9. The van der Waals surface area contributed by atoms with Gasteiger partial charge in [0.25, 0.3) is 5.91 Å². The molecule has 0 unspecified atom stereocenters. The monoisotopic (exact) mass is 393 g/mol. The van der Waals surface area contributed by atoms with E-state index in [4.69, 9.17) is 23.2 Å². The maximum atomic E-state index is 12.2. The number of hydrogen-bond acceptors (Lipinski definition) is 3. The molecule has 0 atom stereocenters. The SMILES string of the molecule is CN(Cc1ccc(N(C)C)cc1)C(=O)CNC(=O)c1ccc(Cl)c(Cl)c1. The van der Waals surface area contributed by atoms with E-state index < -0.39 is 0 Å². The minimum Gasteiger partial charge on any atom is -0.378 e. The van der Waals surface area contributed by atoms with Crippen molar-refractivity contribution in [2.24, 2.45) is 0 Å². The van der Waals surface area contributed by atoms with Gasteiger partial charge < -0.3 is 15.1 Å². The van der Waals surface area contributed by atoms with Gasteiger partial charge in [-0.25, -0.2) is 0 Å². The lowest BCUT2D eigenvalue weighted by atomic mass is 10.2. The molecule has 0 heterocycles. The molecule has 1 N–H and O–H groups in total. The van der Waals surface area contributed by atoms with E-state index >= 15 is 0 Å². The van der Waals surface area contributed by atoms with Crippen molar-refractivity contribution in [1.29, 1.82) is 0 Å². The van der Waals surface area contributed by atoms with Crippen LogP contribution >= 0.6 is 23.2 Å². The van der Waals surface area contributed by atoms with Crippen LogP contribution in [0.3, 0.4) is 0 Å². The van der Waals surface area contributed by atoms with Gasteiger partial charge in [0.05, 0.1) is 16.6 Å². The third kappa shape index (κ3) is 5.38. The maximum Gasteiger partial charge on any atom is 0.251 e. The van der Waals surface area contributed by atoms with Crippen LogP contribution in [0, 0.1) is 0 Å². The van der Waals surface area contributed by atoms with Crippen molar-refractivity contribution in [2.75, 3.05) is 32.6 Å². The zero-order chi connectivity index (χ0) is 19.3. The molecule has 2 aromatic carbocycles. The van der Waals surface area contributed by atoms with Crippen molar-refractivity contribution in [3.8, 4) is 0 Å². The van der Waals surface area contributed by atoms with Gasteiger partial charge in [-0.05, 0) is 35.9 Å². The fraction of sp³-hybridized carbons (Fsp3) is 0.263. The Morgan fingerprint density at radius 3 is 2.19 bits per heavy atom. The molecule has 2 rings (SSSR count). The topological polar surface area (TPSA) is 52.6 Å². The van der Waals surface area contributed by atoms with Crippen LogP contribution in [0.4, 0.5) is 5.69 Å². The quantitative estimate of drug-likeness (QED) is 0.817. The number of anilines is 1. The fourth-order valence-electron chi connectivity index (χ4n) is 2.29. The summed E-state index contributed by atoms with van der Waals surface area (Å²) in [7, 11) is 5.65. The number of amides is 2. The lowest BCUT2D eigenvalue weighted by Crippen LogP contribution is -2.37. The lowest BCUT2D eigenvalue weighted by Gasteiger charge is -2.19. The molecule has 0 spiro atoms. The van der Waals surface area contributed by atoms with E-state index in [2.05, 4.69) is 5.32 Å². The second-order valence-electron chi connectivity index (χ2n) is 6.12. The Morgan fingerprint density at radius 1 is 0.962 bits per heavy atom. The number of carbonyl (C=O) groups is 2. The first kappa shape index (κ1) is 20.1. The number of halogens is 2. The Labute approximate surface area is 163 Å². The summed E-state index contributed by atoms with van der Waals surface area (Å²) in [5.41, 5.74) is 2.47. The fourth-order valence-corrected chi connectivity index (χ4v) is 2.59. The minimum absolute atomic E-state index is 0.0919. The number of likely N-dealkylation sites (N-methyl/N-ethyl adjacent to an activating group) is 1. The summed E-state index contributed by atoms with van der Waals surface area (Å²) in [6.07, 6.45) is 0. The Hall–Kier alpha value is -2.24. The summed E-state index contributed by atoms with van der Waals surface area (Å²) >= 11 is 11.7. The first-order chi connectivity index (χ1) is 12.3. The van der Waals surface area contributed by atoms with Crippen LogP contribution in [0.2, 0.25) is 10.0 Å². The van der Waals surface area contributed by atoms with Crippen molar-refractivity contribution in [1.82, 2.24) is 10.2 Å². The molecule has 0 radical (unpaired) electrons. The summed E-state index contributed by atoms with van der Waals surface area (Å²) in [4.78, 5) is 27.9. The Balaban J connectivity index is 1.88. The van der Waals surface area contributed by atoms with Gasteiger partial charge in [-0.2, -0.15) is 0 Å². The van der Waals surface area contributed by atoms with E-state index in [1.54, 1.807) is 24.1 Å². The van der Waals surface area contributed by atoms with Crippen LogP contribution in [0.15, 0.2) is 42.5 Å². The van der Waals surface area contributed by atoms with Gasteiger partial charge in [-0.1, -0.05) is 35.3 Å². The second-order valence-corrected chi connectivity index (χ2v) is 6.94. The van der Waals surface area contributed by atoms with Crippen molar-refractivity contribution < 1.29 is 9.59 Å². The van der Waals surface area contributed by atoms with Crippen LogP contribution in [0.5, 0.6) is 0 Å². The van der Waals surface area contributed by atoms with E-state index in [0.29, 0.717) is 22.2 Å². The standard InChI is InChI=1S/C19H21Cl2N3O2/c1-23(2)15-7-4-13(5-8-15)12-24(3)18(25)11-22-19(26)14-6-9-16(20)17(21)10-14/h4-10H,11-12H2,1-3H3,(H,22,26). The van der Waals surface area contributed by atoms with Gasteiger partial charge in [0.15, 0.2) is 0 Å². The minimum atomic E-state index is -0.374. The Bertz CT molecular complexity index is 792. The van der Waals surface area contributed by atoms with Gasteiger partial charge in [-0.3, -0.25) is 9.59 Å². The summed E-state index contributed by atoms with van der Waals surface area (Å²) in [5.74, 6) is -0.559. The molecular formula is C19H21Cl2N3O2. The van der Waals surface area contributed by atoms with Crippen molar-refractivity contribution in [3.63, 3.8) is 0 Å². The maximum absolute atomic E-state index is 12.2. The van der Waals surface area contributed by atoms with Crippen LogP contribution in [0.1, 0.15) is 15.9 Å². The van der Waals surface area contributed by atoms with Crippen molar-refractivity contribution in [3.05, 3.63) is 63.6 Å². The molecule has 0 aliphatic heterocycles. The van der Waals surface area contributed by atoms with Gasteiger partial charge in [0, 0.05) is 38.9 Å². The number of benzene rings is 2. The number of nitrogens with zero attached hydrogens (tertiary/aromatic N) is 2. The normalized spacial score (nSPS) is 10.3. The molecule has 0 aliphatic carbocycles. The smallest absolute Gasteiger partial charge is 0.251 e. The molecule has 7 heteroatoms. The highest BCUT2D eigenvalue weighted by atomic mass is 35.5. The Morgan fingerprint density at radius 2 is 1.62 bits per heavy atom. The third-order valence-electron chi connectivity index (χ3n) is 3.88. The molecule has 5 nitrogen and oxygen atoms in total. The highest BCUT2D eigenvalue weighted by Gasteiger charge is 2.13. The summed E-state index contributed by atoms with van der Waals surface area (Å²) in [6.45, 7) is 0.376. The van der Waals surface area contributed by atoms with E-state index in [-0.39, 0.29) is 18.4 Å². The molecule has 0 saturated heterocycles. The van der Waals surface area contributed by atoms with E-state index in [1.165, 1.54) is 6.07 Å². The van der Waals surface area contributed by atoms with E-state index in [0.717, 1.165) is 11.3 Å². The van der Waals surface area contributed by atoms with Gasteiger partial charge >= 0.3 is 0 Å². The summed E-state index contributed by atoms with van der Waals surface area (Å²) in [6, 6.07) is 12.5. The van der Waals surface area contributed by atoms with Gasteiger partial charge in [0.2, 0.25) is 5.91 Å². The molecule has 0 aromatic heterocycles. The van der Waals surface area contributed by atoms with Crippen LogP contribution in [0.25, 0.3) is 0 Å². The molecule has 26 heavy (non-hydrogen) atoms. The Kier molecular flexibility index (Phi) is 6.89. The number of nitrogens with one attached hydrogen (secondary N) is 1. The predicted octanol–water partition coefficient (Wildman–Crippen LogP) is 3.45. The molecule has 0 fully saturated rings. The average molecular weight is 394 g/mol. The average Bonchev–Trinajstić information content (AvgIpc) is 2.62. The molecule has 0 saturated carbocycles.